The van der Waals surface area contributed by atoms with E-state index < -0.39 is 0 Å². The smallest absolute Gasteiger partial charge is 0.258 e. The number of carbonyl (C=O) groups is 1. The molecule has 4 rings (SSSR count). The Kier molecular flexibility index (Phi) is 4.96. The van der Waals surface area contributed by atoms with E-state index in [-0.39, 0.29) is 18.0 Å². The number of hydrogen-bond donors (Lipinski definition) is 3. The van der Waals surface area contributed by atoms with Crippen LogP contribution in [0, 0.1) is 6.92 Å². The fourth-order valence-corrected chi connectivity index (χ4v) is 3.35. The third-order valence-corrected chi connectivity index (χ3v) is 4.90. The van der Waals surface area contributed by atoms with E-state index in [2.05, 4.69) is 64.7 Å². The highest BCUT2D eigenvalue weighted by molar-refractivity contribution is 6.00. The lowest BCUT2D eigenvalue weighted by atomic mass is 10.0. The second-order valence-corrected chi connectivity index (χ2v) is 6.84. The molecule has 0 aromatic heterocycles. The zero-order valence-corrected chi connectivity index (χ0v) is 15.1. The van der Waals surface area contributed by atoms with Crippen molar-refractivity contribution in [2.45, 2.75) is 25.4 Å². The zero-order chi connectivity index (χ0) is 18.6. The summed E-state index contributed by atoms with van der Waals surface area (Å²) in [5, 5.41) is 6.41. The molecule has 136 valence electrons. The van der Waals surface area contributed by atoms with E-state index in [4.69, 9.17) is 0 Å². The number of benzene rings is 3. The van der Waals surface area contributed by atoms with Crippen molar-refractivity contribution < 1.29 is 4.79 Å². The minimum absolute atomic E-state index is 0.114. The van der Waals surface area contributed by atoms with Gasteiger partial charge in [-0.3, -0.25) is 4.79 Å². The Labute approximate surface area is 158 Å². The highest BCUT2D eigenvalue weighted by atomic mass is 16.2. The molecule has 0 bridgehead atoms. The maximum absolute atomic E-state index is 12.4. The Morgan fingerprint density at radius 2 is 1.81 bits per heavy atom. The van der Waals surface area contributed by atoms with Gasteiger partial charge in [0.25, 0.3) is 5.91 Å². The molecular formula is C22H22N4O. The monoisotopic (exact) mass is 358 g/mol. The first kappa shape index (κ1) is 17.4. The molecule has 2 unspecified atom stereocenters. The summed E-state index contributed by atoms with van der Waals surface area (Å²) in [4.78, 5) is 12.4. The van der Waals surface area contributed by atoms with Gasteiger partial charge in [0.05, 0.1) is 6.21 Å². The zero-order valence-electron chi connectivity index (χ0n) is 15.1. The summed E-state index contributed by atoms with van der Waals surface area (Å²) < 4.78 is 0. The molecular weight excluding hydrogens is 336 g/mol. The summed E-state index contributed by atoms with van der Waals surface area (Å²) in [6, 6.07) is 22.3. The van der Waals surface area contributed by atoms with Gasteiger partial charge < -0.3 is 0 Å². The predicted octanol–water partition coefficient (Wildman–Crippen LogP) is 3.21. The average molecular weight is 358 g/mol. The number of rotatable bonds is 4. The van der Waals surface area contributed by atoms with Crippen molar-refractivity contribution in [1.82, 2.24) is 16.3 Å². The van der Waals surface area contributed by atoms with Gasteiger partial charge in [-0.1, -0.05) is 72.3 Å². The van der Waals surface area contributed by atoms with E-state index in [1.54, 1.807) is 6.21 Å². The first-order chi connectivity index (χ1) is 13.2. The number of aryl methyl sites for hydroxylation is 1. The number of hydrogen-bond acceptors (Lipinski definition) is 4. The number of amides is 1. The summed E-state index contributed by atoms with van der Waals surface area (Å²) >= 11 is 0. The van der Waals surface area contributed by atoms with Crippen LogP contribution in [0.2, 0.25) is 0 Å². The Balaban J connectivity index is 1.38. The number of hydrazone groups is 1. The van der Waals surface area contributed by atoms with Crippen LogP contribution < -0.4 is 16.3 Å². The number of nitrogens with zero attached hydrogens (tertiary/aromatic N) is 1. The lowest BCUT2D eigenvalue weighted by Gasteiger charge is -2.09. The normalized spacial score (nSPS) is 19.6. The summed E-state index contributed by atoms with van der Waals surface area (Å²) in [6.45, 7) is 2.06. The quantitative estimate of drug-likeness (QED) is 0.496. The molecule has 0 aliphatic carbocycles. The van der Waals surface area contributed by atoms with Crippen LogP contribution in [0.5, 0.6) is 0 Å². The first-order valence-electron chi connectivity index (χ1n) is 9.09. The van der Waals surface area contributed by atoms with Crippen molar-refractivity contribution in [2.75, 3.05) is 0 Å². The van der Waals surface area contributed by atoms with Crippen LogP contribution in [-0.2, 0) is 4.79 Å². The van der Waals surface area contributed by atoms with Crippen LogP contribution in [0.3, 0.4) is 0 Å². The highest BCUT2D eigenvalue weighted by Crippen LogP contribution is 2.22. The van der Waals surface area contributed by atoms with Gasteiger partial charge in [0, 0.05) is 11.6 Å². The molecule has 0 saturated carbocycles. The second kappa shape index (κ2) is 7.70. The van der Waals surface area contributed by atoms with Crippen LogP contribution in [0.4, 0.5) is 0 Å². The van der Waals surface area contributed by atoms with E-state index in [0.717, 1.165) is 16.3 Å². The molecule has 1 aliphatic rings. The standard InChI is InChI=1S/C22H22N4O/c1-15-9-11-17(12-10-15)20-13-21(25-24-20)22(27)26-23-14-18-7-4-6-16-5-2-3-8-19(16)18/h2-12,14,20-21,24-25H,13H2,1H3,(H,26,27)/b23-14+. The first-order valence-corrected chi connectivity index (χ1v) is 9.09. The van der Waals surface area contributed by atoms with Crippen molar-refractivity contribution >= 4 is 22.9 Å². The maximum atomic E-state index is 12.4. The number of carbonyl (C=O) groups excluding carboxylic acids is 1. The summed E-state index contributed by atoms with van der Waals surface area (Å²) in [6.07, 6.45) is 2.37. The summed E-state index contributed by atoms with van der Waals surface area (Å²) in [5.74, 6) is -0.145. The molecule has 3 aromatic rings. The third kappa shape index (κ3) is 3.89. The molecule has 5 heteroatoms. The highest BCUT2D eigenvalue weighted by Gasteiger charge is 2.29. The topological polar surface area (TPSA) is 65.5 Å². The van der Waals surface area contributed by atoms with Crippen LogP contribution in [0.15, 0.2) is 71.8 Å². The molecule has 2 atom stereocenters. The Hall–Kier alpha value is -3.02. The molecule has 1 aliphatic heterocycles. The lowest BCUT2D eigenvalue weighted by molar-refractivity contribution is -0.122. The minimum atomic E-state index is -0.319. The van der Waals surface area contributed by atoms with Gasteiger partial charge in [0.2, 0.25) is 0 Å². The van der Waals surface area contributed by atoms with Gasteiger partial charge >= 0.3 is 0 Å². The molecule has 27 heavy (non-hydrogen) atoms. The van der Waals surface area contributed by atoms with Crippen molar-refractivity contribution in [3.63, 3.8) is 0 Å². The van der Waals surface area contributed by atoms with Gasteiger partial charge in [-0.15, -0.1) is 0 Å². The van der Waals surface area contributed by atoms with E-state index in [1.807, 2.05) is 30.3 Å². The van der Waals surface area contributed by atoms with Crippen LogP contribution in [-0.4, -0.2) is 18.2 Å². The van der Waals surface area contributed by atoms with E-state index >= 15 is 0 Å². The van der Waals surface area contributed by atoms with Gasteiger partial charge in [0.1, 0.15) is 6.04 Å². The summed E-state index contributed by atoms with van der Waals surface area (Å²) in [7, 11) is 0. The fraction of sp³-hybridized carbons (Fsp3) is 0.182. The van der Waals surface area contributed by atoms with Gasteiger partial charge in [-0.25, -0.2) is 16.3 Å². The molecule has 3 aromatic carbocycles. The fourth-order valence-electron chi connectivity index (χ4n) is 3.35. The average Bonchev–Trinajstić information content (AvgIpc) is 3.19. The third-order valence-electron chi connectivity index (χ3n) is 4.90. The molecule has 5 nitrogen and oxygen atoms in total. The van der Waals surface area contributed by atoms with Crippen LogP contribution in [0.1, 0.15) is 29.2 Å². The molecule has 1 saturated heterocycles. The number of nitrogens with one attached hydrogen (secondary N) is 3. The molecule has 1 heterocycles. The molecule has 1 amide bonds. The summed E-state index contributed by atoms with van der Waals surface area (Å²) in [5.41, 5.74) is 12.3. The van der Waals surface area contributed by atoms with E-state index in [0.29, 0.717) is 6.42 Å². The molecule has 1 fully saturated rings. The number of fused-ring (bicyclic) bond motifs is 1. The Morgan fingerprint density at radius 1 is 1.04 bits per heavy atom. The molecule has 0 radical (unpaired) electrons. The van der Waals surface area contributed by atoms with Crippen molar-refractivity contribution in [3.8, 4) is 0 Å². The van der Waals surface area contributed by atoms with Crippen molar-refractivity contribution in [2.24, 2.45) is 5.10 Å². The van der Waals surface area contributed by atoms with Crippen LogP contribution in [0.25, 0.3) is 10.8 Å². The van der Waals surface area contributed by atoms with Gasteiger partial charge in [-0.2, -0.15) is 5.10 Å². The van der Waals surface area contributed by atoms with Crippen LogP contribution >= 0.6 is 0 Å². The van der Waals surface area contributed by atoms with Gasteiger partial charge in [-0.05, 0) is 29.7 Å². The predicted molar refractivity (Wildman–Crippen MR) is 108 cm³/mol. The number of hydrazine groups is 1. The van der Waals surface area contributed by atoms with Gasteiger partial charge in [0.15, 0.2) is 0 Å². The van der Waals surface area contributed by atoms with Crippen molar-refractivity contribution in [1.29, 1.82) is 0 Å². The lowest BCUT2D eigenvalue weighted by Crippen LogP contribution is -2.41. The molecule has 3 N–H and O–H groups in total. The SMILES string of the molecule is Cc1ccc(C2CC(C(=O)N/N=C/c3cccc4ccccc34)NN2)cc1. The Bertz CT molecular complexity index is 976. The Morgan fingerprint density at radius 3 is 2.67 bits per heavy atom. The van der Waals surface area contributed by atoms with Crippen molar-refractivity contribution in [3.05, 3.63) is 83.4 Å². The van der Waals surface area contributed by atoms with E-state index in [9.17, 15) is 4.79 Å². The molecule has 0 spiro atoms. The maximum Gasteiger partial charge on any atom is 0.258 e. The van der Waals surface area contributed by atoms with E-state index in [1.165, 1.54) is 11.1 Å². The minimum Gasteiger partial charge on any atom is -0.271 e. The largest absolute Gasteiger partial charge is 0.271 e. The second-order valence-electron chi connectivity index (χ2n) is 6.84.